The molecule has 1 fully saturated rings. The average Bonchev–Trinajstić information content (AvgIpc) is 3.04. The summed E-state index contributed by atoms with van der Waals surface area (Å²) < 4.78 is 4.66. The van der Waals surface area contributed by atoms with Crippen LogP contribution in [-0.4, -0.2) is 34.6 Å². The molecule has 0 bridgehead atoms. The lowest BCUT2D eigenvalue weighted by Gasteiger charge is -2.28. The van der Waals surface area contributed by atoms with Crippen molar-refractivity contribution in [2.24, 2.45) is 11.7 Å². The molecular formula is C17H22N4O3. The van der Waals surface area contributed by atoms with E-state index in [9.17, 15) is 9.59 Å². The molecule has 0 aliphatic heterocycles. The lowest BCUT2D eigenvalue weighted by atomic mass is 9.82. The van der Waals surface area contributed by atoms with E-state index >= 15 is 0 Å². The SMILES string of the molecule is NCCC(=O)NC1CCC(CC(=O)c2ccc3nonc3c2)CC1. The highest BCUT2D eigenvalue weighted by Gasteiger charge is 2.24. The highest BCUT2D eigenvalue weighted by molar-refractivity contribution is 5.98. The summed E-state index contributed by atoms with van der Waals surface area (Å²) in [4.78, 5) is 24.0. The summed E-state index contributed by atoms with van der Waals surface area (Å²) in [5.41, 5.74) is 7.29. The monoisotopic (exact) mass is 330 g/mol. The Morgan fingerprint density at radius 3 is 2.67 bits per heavy atom. The summed E-state index contributed by atoms with van der Waals surface area (Å²) in [5.74, 6) is 0.508. The van der Waals surface area contributed by atoms with E-state index in [4.69, 9.17) is 5.73 Å². The molecule has 128 valence electrons. The van der Waals surface area contributed by atoms with Crippen LogP contribution in [0.15, 0.2) is 22.8 Å². The van der Waals surface area contributed by atoms with Crippen molar-refractivity contribution in [1.29, 1.82) is 0 Å². The quantitative estimate of drug-likeness (QED) is 0.782. The van der Waals surface area contributed by atoms with E-state index in [2.05, 4.69) is 20.3 Å². The average molecular weight is 330 g/mol. The Balaban J connectivity index is 1.50. The molecule has 3 rings (SSSR count). The van der Waals surface area contributed by atoms with Gasteiger partial charge in [0.2, 0.25) is 5.91 Å². The van der Waals surface area contributed by atoms with Gasteiger partial charge in [0.25, 0.3) is 0 Å². The molecule has 0 spiro atoms. The number of amides is 1. The summed E-state index contributed by atoms with van der Waals surface area (Å²) >= 11 is 0. The van der Waals surface area contributed by atoms with Gasteiger partial charge in [0.15, 0.2) is 5.78 Å². The third-order valence-corrected chi connectivity index (χ3v) is 4.63. The van der Waals surface area contributed by atoms with Crippen LogP contribution in [0.5, 0.6) is 0 Å². The second-order valence-corrected chi connectivity index (χ2v) is 6.42. The van der Waals surface area contributed by atoms with Gasteiger partial charge in [-0.2, -0.15) is 0 Å². The molecule has 1 aromatic heterocycles. The zero-order valence-electron chi connectivity index (χ0n) is 13.5. The van der Waals surface area contributed by atoms with E-state index < -0.39 is 0 Å². The minimum atomic E-state index is 0.0200. The zero-order chi connectivity index (χ0) is 16.9. The number of benzene rings is 1. The number of ketones is 1. The number of nitrogens with two attached hydrogens (primary N) is 1. The summed E-state index contributed by atoms with van der Waals surface area (Å²) in [5, 5.41) is 10.5. The Hall–Kier alpha value is -2.28. The molecule has 1 aliphatic carbocycles. The molecule has 0 atom stereocenters. The fourth-order valence-electron chi connectivity index (χ4n) is 3.28. The number of carbonyl (C=O) groups excluding carboxylic acids is 2. The third kappa shape index (κ3) is 3.97. The number of nitrogens with one attached hydrogen (secondary N) is 1. The number of nitrogens with zero attached hydrogens (tertiary/aromatic N) is 2. The van der Waals surface area contributed by atoms with Gasteiger partial charge < -0.3 is 11.1 Å². The van der Waals surface area contributed by atoms with Crippen molar-refractivity contribution in [2.75, 3.05) is 6.54 Å². The smallest absolute Gasteiger partial charge is 0.221 e. The van der Waals surface area contributed by atoms with Gasteiger partial charge in [0.05, 0.1) is 0 Å². The van der Waals surface area contributed by atoms with Gasteiger partial charge in [-0.05, 0) is 60.1 Å². The predicted octanol–water partition coefficient (Wildman–Crippen LogP) is 1.82. The molecule has 1 aromatic carbocycles. The van der Waals surface area contributed by atoms with Crippen LogP contribution < -0.4 is 11.1 Å². The molecule has 1 amide bonds. The Morgan fingerprint density at radius 1 is 1.17 bits per heavy atom. The minimum Gasteiger partial charge on any atom is -0.353 e. The zero-order valence-corrected chi connectivity index (χ0v) is 13.5. The van der Waals surface area contributed by atoms with Gasteiger partial charge in [-0.15, -0.1) is 0 Å². The Bertz CT molecular complexity index is 719. The third-order valence-electron chi connectivity index (χ3n) is 4.63. The van der Waals surface area contributed by atoms with E-state index in [-0.39, 0.29) is 17.7 Å². The summed E-state index contributed by atoms with van der Waals surface area (Å²) in [6, 6.07) is 5.47. The first-order valence-electron chi connectivity index (χ1n) is 8.40. The molecule has 7 heteroatoms. The summed E-state index contributed by atoms with van der Waals surface area (Å²) in [6.45, 7) is 0.376. The number of hydrogen-bond acceptors (Lipinski definition) is 6. The molecule has 7 nitrogen and oxygen atoms in total. The standard InChI is InChI=1S/C17H22N4O3/c18-8-7-17(23)19-13-4-1-11(2-5-13)9-16(22)12-3-6-14-15(10-12)21-24-20-14/h3,6,10-11,13H,1-2,4-5,7-9,18H2,(H,19,23). The highest BCUT2D eigenvalue weighted by atomic mass is 16.6. The Labute approximate surface area is 139 Å². The van der Waals surface area contributed by atoms with E-state index in [0.717, 1.165) is 25.7 Å². The first kappa shape index (κ1) is 16.6. The lowest BCUT2D eigenvalue weighted by molar-refractivity contribution is -0.121. The number of Topliss-reactive ketones (excluding diaryl/α,β-unsaturated/α-hetero) is 1. The van der Waals surface area contributed by atoms with Gasteiger partial charge >= 0.3 is 0 Å². The highest BCUT2D eigenvalue weighted by Crippen LogP contribution is 2.28. The molecule has 2 aromatic rings. The second-order valence-electron chi connectivity index (χ2n) is 6.42. The molecule has 3 N–H and O–H groups in total. The van der Waals surface area contributed by atoms with Gasteiger partial charge in [-0.1, -0.05) is 0 Å². The number of aromatic nitrogens is 2. The number of fused-ring (bicyclic) bond motifs is 1. The van der Waals surface area contributed by atoms with Crippen LogP contribution in [-0.2, 0) is 4.79 Å². The topological polar surface area (TPSA) is 111 Å². The van der Waals surface area contributed by atoms with Crippen LogP contribution in [0.1, 0.15) is 48.9 Å². The Kier molecular flexibility index (Phi) is 5.20. The largest absolute Gasteiger partial charge is 0.353 e. The number of rotatable bonds is 6. The molecule has 0 saturated heterocycles. The Morgan fingerprint density at radius 2 is 1.92 bits per heavy atom. The van der Waals surface area contributed by atoms with Crippen LogP contribution in [0.25, 0.3) is 11.0 Å². The lowest BCUT2D eigenvalue weighted by Crippen LogP contribution is -2.38. The van der Waals surface area contributed by atoms with Crippen molar-refractivity contribution in [2.45, 2.75) is 44.6 Å². The first-order chi connectivity index (χ1) is 11.7. The predicted molar refractivity (Wildman–Crippen MR) is 88.3 cm³/mol. The van der Waals surface area contributed by atoms with Crippen molar-refractivity contribution >= 4 is 22.7 Å². The van der Waals surface area contributed by atoms with Crippen LogP contribution in [0, 0.1) is 5.92 Å². The molecule has 1 aliphatic rings. The van der Waals surface area contributed by atoms with Crippen molar-refractivity contribution in [1.82, 2.24) is 15.6 Å². The molecule has 0 radical (unpaired) electrons. The minimum absolute atomic E-state index is 0.0200. The number of carbonyl (C=O) groups is 2. The molecular weight excluding hydrogens is 308 g/mol. The molecule has 24 heavy (non-hydrogen) atoms. The first-order valence-corrected chi connectivity index (χ1v) is 8.40. The molecule has 1 saturated carbocycles. The molecule has 1 heterocycles. The van der Waals surface area contributed by atoms with Crippen molar-refractivity contribution in [3.63, 3.8) is 0 Å². The fourth-order valence-corrected chi connectivity index (χ4v) is 3.28. The van der Waals surface area contributed by atoms with E-state index in [1.54, 1.807) is 18.2 Å². The van der Waals surface area contributed by atoms with Gasteiger partial charge in [-0.25, -0.2) is 4.63 Å². The van der Waals surface area contributed by atoms with Crippen molar-refractivity contribution in [3.05, 3.63) is 23.8 Å². The van der Waals surface area contributed by atoms with Crippen LogP contribution >= 0.6 is 0 Å². The van der Waals surface area contributed by atoms with E-state index in [0.29, 0.717) is 41.9 Å². The fraction of sp³-hybridized carbons (Fsp3) is 0.529. The maximum Gasteiger partial charge on any atom is 0.221 e. The summed E-state index contributed by atoms with van der Waals surface area (Å²) in [6.07, 6.45) is 4.64. The molecule has 0 unspecified atom stereocenters. The van der Waals surface area contributed by atoms with Crippen molar-refractivity contribution < 1.29 is 14.2 Å². The van der Waals surface area contributed by atoms with Crippen LogP contribution in [0.4, 0.5) is 0 Å². The maximum absolute atomic E-state index is 12.5. The normalized spacial score (nSPS) is 20.9. The van der Waals surface area contributed by atoms with Gasteiger partial charge in [0.1, 0.15) is 11.0 Å². The van der Waals surface area contributed by atoms with Gasteiger partial charge in [-0.3, -0.25) is 9.59 Å². The van der Waals surface area contributed by atoms with Gasteiger partial charge in [0, 0.05) is 31.0 Å². The van der Waals surface area contributed by atoms with Crippen LogP contribution in [0.3, 0.4) is 0 Å². The van der Waals surface area contributed by atoms with Crippen molar-refractivity contribution in [3.8, 4) is 0 Å². The van der Waals surface area contributed by atoms with E-state index in [1.807, 2.05) is 0 Å². The maximum atomic E-state index is 12.5. The van der Waals surface area contributed by atoms with E-state index in [1.165, 1.54) is 0 Å². The van der Waals surface area contributed by atoms with Crippen LogP contribution in [0.2, 0.25) is 0 Å². The second kappa shape index (κ2) is 7.53. The summed E-state index contributed by atoms with van der Waals surface area (Å²) in [7, 11) is 0. The number of hydrogen-bond donors (Lipinski definition) is 2.